The van der Waals surface area contributed by atoms with Crippen molar-refractivity contribution < 1.29 is 14.3 Å². The largest absolute Gasteiger partial charge is 0.497 e. The summed E-state index contributed by atoms with van der Waals surface area (Å²) < 4.78 is 7.39. The number of rotatable bonds is 4. The highest BCUT2D eigenvalue weighted by molar-refractivity contribution is 9.10. The number of ether oxygens (including phenoxy) is 1. The molecule has 3 aromatic rings. The second-order valence-electron chi connectivity index (χ2n) is 9.79. The molecule has 0 radical (unpaired) electrons. The van der Waals surface area contributed by atoms with Crippen molar-refractivity contribution in [1.29, 1.82) is 0 Å². The lowest BCUT2D eigenvalue weighted by molar-refractivity contribution is -0.118. The van der Waals surface area contributed by atoms with Crippen LogP contribution in [0.4, 0.5) is 5.13 Å². The maximum Gasteiger partial charge on any atom is 0.256 e. The number of carbonyl (C=O) groups excluding carboxylic acids is 2. The molecular formula is C27H26BrN3O3S. The average Bonchev–Trinajstić information content (AvgIpc) is 3.18. The molecule has 1 aliphatic carbocycles. The zero-order chi connectivity index (χ0) is 24.9. The molecule has 2 aliphatic rings. The molecule has 2 N–H and O–H groups in total. The number of amides is 1. The summed E-state index contributed by atoms with van der Waals surface area (Å²) in [7, 11) is 1.61. The van der Waals surface area contributed by atoms with Crippen LogP contribution in [0, 0.1) is 5.41 Å². The Bertz CT molecular complexity index is 1440. The van der Waals surface area contributed by atoms with E-state index in [1.165, 1.54) is 11.3 Å². The lowest BCUT2D eigenvalue weighted by Gasteiger charge is -2.39. The van der Waals surface area contributed by atoms with Crippen LogP contribution in [0.3, 0.4) is 0 Å². The molecule has 6 nitrogen and oxygen atoms in total. The van der Waals surface area contributed by atoms with Crippen LogP contribution in [-0.4, -0.2) is 23.8 Å². The zero-order valence-corrected chi connectivity index (χ0v) is 22.4. The molecule has 0 unspecified atom stereocenters. The number of thiazole rings is 1. The molecule has 0 saturated carbocycles. The summed E-state index contributed by atoms with van der Waals surface area (Å²) in [6.07, 6.45) is 1.18. The van der Waals surface area contributed by atoms with Gasteiger partial charge in [-0.25, -0.2) is 4.98 Å². The molecule has 0 saturated heterocycles. The number of dihydropyridines is 1. The first-order valence-electron chi connectivity index (χ1n) is 11.4. The van der Waals surface area contributed by atoms with E-state index in [4.69, 9.17) is 4.74 Å². The van der Waals surface area contributed by atoms with Crippen LogP contribution in [0.1, 0.15) is 45.1 Å². The van der Waals surface area contributed by atoms with Gasteiger partial charge >= 0.3 is 0 Å². The minimum atomic E-state index is -0.492. The SMILES string of the molecule is COc1cccc([C@@H]2C(C(=O)Nc3nc4ccc(Br)cc4s3)=C(C)NC3=C2C(=O)CC(C)(C)C3)c1. The van der Waals surface area contributed by atoms with E-state index >= 15 is 0 Å². The lowest BCUT2D eigenvalue weighted by Crippen LogP contribution is -2.39. The molecule has 1 aliphatic heterocycles. The van der Waals surface area contributed by atoms with E-state index in [9.17, 15) is 9.59 Å². The third-order valence-electron chi connectivity index (χ3n) is 6.48. The summed E-state index contributed by atoms with van der Waals surface area (Å²) >= 11 is 4.90. The Kier molecular flexibility index (Phi) is 6.05. The molecule has 180 valence electrons. The molecule has 1 amide bonds. The smallest absolute Gasteiger partial charge is 0.256 e. The number of aromatic nitrogens is 1. The molecule has 0 fully saturated rings. The van der Waals surface area contributed by atoms with Gasteiger partial charge in [-0.3, -0.25) is 14.9 Å². The highest BCUT2D eigenvalue weighted by atomic mass is 79.9. The minimum absolute atomic E-state index is 0.0687. The number of Topliss-reactive ketones (excluding diaryl/α,β-unsaturated/α-hetero) is 1. The van der Waals surface area contributed by atoms with Gasteiger partial charge in [0.15, 0.2) is 10.9 Å². The van der Waals surface area contributed by atoms with Gasteiger partial charge in [0.2, 0.25) is 0 Å². The topological polar surface area (TPSA) is 80.3 Å². The van der Waals surface area contributed by atoms with E-state index in [1.54, 1.807) is 7.11 Å². The van der Waals surface area contributed by atoms with Crippen LogP contribution in [-0.2, 0) is 9.59 Å². The first-order chi connectivity index (χ1) is 16.6. The summed E-state index contributed by atoms with van der Waals surface area (Å²) in [4.78, 5) is 31.8. The first kappa shape index (κ1) is 23.8. The van der Waals surface area contributed by atoms with Gasteiger partial charge in [0.25, 0.3) is 5.91 Å². The van der Waals surface area contributed by atoms with E-state index in [0.717, 1.165) is 38.1 Å². The normalized spacial score (nSPS) is 19.5. The lowest BCUT2D eigenvalue weighted by atomic mass is 9.68. The van der Waals surface area contributed by atoms with Crippen molar-refractivity contribution in [2.24, 2.45) is 5.41 Å². The number of ketones is 1. The molecule has 0 bridgehead atoms. The summed E-state index contributed by atoms with van der Waals surface area (Å²) in [5, 5.41) is 6.92. The molecule has 35 heavy (non-hydrogen) atoms. The average molecular weight is 552 g/mol. The Morgan fingerprint density at radius 3 is 2.80 bits per heavy atom. The maximum atomic E-state index is 13.8. The van der Waals surface area contributed by atoms with Gasteiger partial charge < -0.3 is 10.1 Å². The Labute approximate surface area is 216 Å². The number of allylic oxidation sites excluding steroid dienone is 3. The van der Waals surface area contributed by atoms with Gasteiger partial charge in [-0.05, 0) is 54.7 Å². The van der Waals surface area contributed by atoms with Crippen molar-refractivity contribution in [3.63, 3.8) is 0 Å². The molecule has 0 spiro atoms. The molecule has 2 heterocycles. The second-order valence-corrected chi connectivity index (χ2v) is 11.7. The van der Waals surface area contributed by atoms with Crippen molar-refractivity contribution in [1.82, 2.24) is 10.3 Å². The molecular weight excluding hydrogens is 526 g/mol. The number of benzene rings is 2. The maximum absolute atomic E-state index is 13.8. The molecule has 1 atom stereocenters. The van der Waals surface area contributed by atoms with Crippen molar-refractivity contribution in [3.8, 4) is 5.75 Å². The van der Waals surface area contributed by atoms with Crippen LogP contribution in [0.25, 0.3) is 10.2 Å². The first-order valence-corrected chi connectivity index (χ1v) is 13.0. The van der Waals surface area contributed by atoms with Crippen LogP contribution in [0.2, 0.25) is 0 Å². The fourth-order valence-corrected chi connectivity index (χ4v) is 6.42. The molecule has 5 rings (SSSR count). The van der Waals surface area contributed by atoms with Crippen LogP contribution in [0.15, 0.2) is 69.5 Å². The number of nitrogens with one attached hydrogen (secondary N) is 2. The minimum Gasteiger partial charge on any atom is -0.497 e. The van der Waals surface area contributed by atoms with E-state index < -0.39 is 5.92 Å². The van der Waals surface area contributed by atoms with Gasteiger partial charge in [0.05, 0.1) is 17.3 Å². The van der Waals surface area contributed by atoms with Gasteiger partial charge in [-0.1, -0.05) is 53.2 Å². The summed E-state index contributed by atoms with van der Waals surface area (Å²) in [6, 6.07) is 13.4. The fourth-order valence-electron chi connectivity index (χ4n) is 5.01. The number of halogens is 1. The van der Waals surface area contributed by atoms with Crippen LogP contribution in [0.5, 0.6) is 5.75 Å². The van der Waals surface area contributed by atoms with E-state index in [1.807, 2.05) is 49.4 Å². The van der Waals surface area contributed by atoms with E-state index in [2.05, 4.69) is 45.4 Å². The third kappa shape index (κ3) is 4.52. The number of methoxy groups -OCH3 is 1. The van der Waals surface area contributed by atoms with Crippen molar-refractivity contribution in [2.75, 3.05) is 12.4 Å². The predicted molar refractivity (Wildman–Crippen MR) is 143 cm³/mol. The summed E-state index contributed by atoms with van der Waals surface area (Å²) in [5.74, 6) is -0.0151. The van der Waals surface area contributed by atoms with Crippen molar-refractivity contribution in [2.45, 2.75) is 39.5 Å². The fraction of sp³-hybridized carbons (Fsp3) is 0.296. The van der Waals surface area contributed by atoms with Gasteiger partial charge in [-0.2, -0.15) is 0 Å². The van der Waals surface area contributed by atoms with E-state index in [0.29, 0.717) is 28.4 Å². The Balaban J connectivity index is 1.58. The highest BCUT2D eigenvalue weighted by Crippen LogP contribution is 2.47. The van der Waals surface area contributed by atoms with Crippen LogP contribution < -0.4 is 15.4 Å². The van der Waals surface area contributed by atoms with Gasteiger partial charge in [-0.15, -0.1) is 0 Å². The van der Waals surface area contributed by atoms with Crippen LogP contribution >= 0.6 is 27.3 Å². The predicted octanol–water partition coefficient (Wildman–Crippen LogP) is 6.31. The number of fused-ring (bicyclic) bond motifs is 1. The molecule has 2 aromatic carbocycles. The number of anilines is 1. The number of nitrogens with zero attached hydrogens (tertiary/aromatic N) is 1. The Morgan fingerprint density at radius 1 is 1.23 bits per heavy atom. The summed E-state index contributed by atoms with van der Waals surface area (Å²) in [6.45, 7) is 6.10. The third-order valence-corrected chi connectivity index (χ3v) is 7.91. The monoisotopic (exact) mass is 551 g/mol. The van der Waals surface area contributed by atoms with Crippen molar-refractivity contribution in [3.05, 3.63) is 75.0 Å². The van der Waals surface area contributed by atoms with Gasteiger partial charge in [0, 0.05) is 39.4 Å². The Morgan fingerprint density at radius 2 is 2.03 bits per heavy atom. The van der Waals surface area contributed by atoms with Gasteiger partial charge in [0.1, 0.15) is 5.75 Å². The summed E-state index contributed by atoms with van der Waals surface area (Å²) in [5.41, 5.74) is 4.36. The second kappa shape index (κ2) is 8.91. The number of hydrogen-bond donors (Lipinski definition) is 2. The Hall–Kier alpha value is -2.97. The molecule has 8 heteroatoms. The number of carbonyl (C=O) groups is 2. The standard InChI is InChI=1S/C27H26BrN3O3S/c1-14-22(25(33)31-26-30-18-9-8-16(28)11-21(18)35-26)23(15-6-5-7-17(10-15)34-4)24-19(29-14)12-27(2,3)13-20(24)32/h5-11,23,29H,12-13H2,1-4H3,(H,30,31,33)/t23-/m1/s1. The quantitative estimate of drug-likeness (QED) is 0.397. The molecule has 1 aromatic heterocycles. The number of hydrogen-bond acceptors (Lipinski definition) is 6. The highest BCUT2D eigenvalue weighted by Gasteiger charge is 2.42. The van der Waals surface area contributed by atoms with Crippen molar-refractivity contribution >= 4 is 54.3 Å². The zero-order valence-electron chi connectivity index (χ0n) is 20.0. The van der Waals surface area contributed by atoms with E-state index in [-0.39, 0.29) is 17.1 Å².